The fraction of sp³-hybridized carbons (Fsp3) is 0.429. The summed E-state index contributed by atoms with van der Waals surface area (Å²) < 4.78 is 2.07. The first-order chi connectivity index (χ1) is 17.4. The number of piperazine rings is 1. The van der Waals surface area contributed by atoms with Crippen molar-refractivity contribution >= 4 is 34.8 Å². The number of carbonyl (C=O) groups excluding carboxylic acids is 1. The molecule has 1 amide bonds. The standard InChI is InChI=1S/C28H35Cl2N5O/c1-4-7-26-32-27(21(3)35(26)23-12-10-22(29)11-13-23)28(36)31-14-6-15-33-16-18-34(19-17-33)25-9-5-8-24(30)20(25)2/h5,8-13H,4,6-7,14-19H2,1-3H3,(H,31,36). The Kier molecular flexibility index (Phi) is 8.94. The molecule has 36 heavy (non-hydrogen) atoms. The molecule has 4 rings (SSSR count). The van der Waals surface area contributed by atoms with Gasteiger partial charge in [0.1, 0.15) is 11.5 Å². The molecule has 0 radical (unpaired) electrons. The van der Waals surface area contributed by atoms with Crippen molar-refractivity contribution in [1.82, 2.24) is 19.8 Å². The van der Waals surface area contributed by atoms with Crippen molar-refractivity contribution < 1.29 is 4.79 Å². The van der Waals surface area contributed by atoms with E-state index in [0.29, 0.717) is 17.3 Å². The molecule has 0 atom stereocenters. The highest BCUT2D eigenvalue weighted by Gasteiger charge is 2.21. The lowest BCUT2D eigenvalue weighted by Crippen LogP contribution is -2.47. The van der Waals surface area contributed by atoms with E-state index in [-0.39, 0.29) is 5.91 Å². The zero-order chi connectivity index (χ0) is 25.7. The Morgan fingerprint density at radius 2 is 1.75 bits per heavy atom. The second kappa shape index (κ2) is 12.1. The van der Waals surface area contributed by atoms with Crippen molar-refractivity contribution in [3.05, 3.63) is 75.3 Å². The number of nitrogens with one attached hydrogen (secondary N) is 1. The molecule has 0 aliphatic carbocycles. The summed E-state index contributed by atoms with van der Waals surface area (Å²) in [7, 11) is 0. The van der Waals surface area contributed by atoms with Gasteiger partial charge >= 0.3 is 0 Å². The average Bonchev–Trinajstić information content (AvgIpc) is 3.20. The molecular formula is C28H35Cl2N5O. The maximum atomic E-state index is 13.0. The quantitative estimate of drug-likeness (QED) is 0.363. The third kappa shape index (κ3) is 6.05. The second-order valence-electron chi connectivity index (χ2n) is 9.35. The molecule has 3 aromatic rings. The molecule has 0 saturated carbocycles. The van der Waals surface area contributed by atoms with Gasteiger partial charge in [-0.25, -0.2) is 4.98 Å². The highest BCUT2D eigenvalue weighted by Crippen LogP contribution is 2.27. The first kappa shape index (κ1) is 26.5. The number of aromatic nitrogens is 2. The Balaban J connectivity index is 1.29. The number of rotatable bonds is 9. The second-order valence-corrected chi connectivity index (χ2v) is 10.2. The van der Waals surface area contributed by atoms with Crippen molar-refractivity contribution in [3.8, 4) is 5.69 Å². The van der Waals surface area contributed by atoms with E-state index in [1.54, 1.807) is 0 Å². The first-order valence-electron chi connectivity index (χ1n) is 12.7. The van der Waals surface area contributed by atoms with Gasteiger partial charge < -0.3 is 14.8 Å². The highest BCUT2D eigenvalue weighted by atomic mass is 35.5. The number of carbonyl (C=O) groups is 1. The Morgan fingerprint density at radius 3 is 2.44 bits per heavy atom. The summed E-state index contributed by atoms with van der Waals surface area (Å²) in [6.07, 6.45) is 2.66. The molecule has 2 aromatic carbocycles. The number of halogens is 2. The van der Waals surface area contributed by atoms with Crippen LogP contribution < -0.4 is 10.2 Å². The van der Waals surface area contributed by atoms with Crippen LogP contribution >= 0.6 is 23.2 Å². The van der Waals surface area contributed by atoms with Crippen molar-refractivity contribution in [2.24, 2.45) is 0 Å². The zero-order valence-electron chi connectivity index (χ0n) is 21.4. The smallest absolute Gasteiger partial charge is 0.271 e. The minimum Gasteiger partial charge on any atom is -0.369 e. The van der Waals surface area contributed by atoms with E-state index >= 15 is 0 Å². The van der Waals surface area contributed by atoms with Crippen LogP contribution in [-0.2, 0) is 6.42 Å². The van der Waals surface area contributed by atoms with E-state index in [0.717, 1.165) is 79.8 Å². The van der Waals surface area contributed by atoms with Gasteiger partial charge in [0.05, 0.1) is 5.69 Å². The monoisotopic (exact) mass is 527 g/mol. The van der Waals surface area contributed by atoms with Crippen LogP contribution in [0.2, 0.25) is 10.0 Å². The molecule has 1 N–H and O–H groups in total. The normalized spacial score (nSPS) is 14.3. The molecule has 192 valence electrons. The summed E-state index contributed by atoms with van der Waals surface area (Å²) in [5.74, 6) is 0.786. The van der Waals surface area contributed by atoms with Crippen molar-refractivity contribution in [1.29, 1.82) is 0 Å². The van der Waals surface area contributed by atoms with Crippen LogP contribution in [0.15, 0.2) is 42.5 Å². The lowest BCUT2D eigenvalue weighted by molar-refractivity contribution is 0.0946. The predicted molar refractivity (Wildman–Crippen MR) is 149 cm³/mol. The third-order valence-electron chi connectivity index (χ3n) is 6.84. The lowest BCUT2D eigenvalue weighted by atomic mass is 10.1. The van der Waals surface area contributed by atoms with E-state index in [2.05, 4.69) is 39.6 Å². The lowest BCUT2D eigenvalue weighted by Gasteiger charge is -2.37. The van der Waals surface area contributed by atoms with Crippen molar-refractivity contribution in [2.45, 2.75) is 40.0 Å². The van der Waals surface area contributed by atoms with E-state index in [4.69, 9.17) is 28.2 Å². The van der Waals surface area contributed by atoms with E-state index in [1.807, 2.05) is 43.3 Å². The van der Waals surface area contributed by atoms with E-state index in [1.165, 1.54) is 5.69 Å². The maximum absolute atomic E-state index is 13.0. The molecule has 6 nitrogen and oxygen atoms in total. The number of amides is 1. The summed E-state index contributed by atoms with van der Waals surface area (Å²) in [5.41, 5.74) is 4.69. The van der Waals surface area contributed by atoms with Gasteiger partial charge in [0.15, 0.2) is 0 Å². The van der Waals surface area contributed by atoms with Gasteiger partial charge in [-0.1, -0.05) is 36.2 Å². The Bertz CT molecular complexity index is 1180. The number of benzene rings is 2. The van der Waals surface area contributed by atoms with E-state index in [9.17, 15) is 4.79 Å². The number of hydrogen-bond donors (Lipinski definition) is 1. The summed E-state index contributed by atoms with van der Waals surface area (Å²) in [6, 6.07) is 13.8. The Morgan fingerprint density at radius 1 is 1.03 bits per heavy atom. The van der Waals surface area contributed by atoms with Crippen LogP contribution in [0.1, 0.15) is 47.3 Å². The molecule has 1 aromatic heterocycles. The molecule has 0 spiro atoms. The summed E-state index contributed by atoms with van der Waals surface area (Å²) in [5, 5.41) is 4.59. The van der Waals surface area contributed by atoms with Gasteiger partial charge in [-0.15, -0.1) is 0 Å². The minimum atomic E-state index is -0.112. The van der Waals surface area contributed by atoms with Crippen LogP contribution in [0.5, 0.6) is 0 Å². The van der Waals surface area contributed by atoms with Crippen LogP contribution in [0, 0.1) is 13.8 Å². The Labute approximate surface area is 224 Å². The van der Waals surface area contributed by atoms with E-state index < -0.39 is 0 Å². The van der Waals surface area contributed by atoms with Crippen LogP contribution in [0.25, 0.3) is 5.69 Å². The maximum Gasteiger partial charge on any atom is 0.271 e. The van der Waals surface area contributed by atoms with Gasteiger partial charge in [0.25, 0.3) is 5.91 Å². The SMILES string of the molecule is CCCc1nc(C(=O)NCCCN2CCN(c3cccc(Cl)c3C)CC2)c(C)n1-c1ccc(Cl)cc1. The number of aryl methyl sites for hydroxylation is 1. The molecule has 2 heterocycles. The average molecular weight is 529 g/mol. The summed E-state index contributed by atoms with van der Waals surface area (Å²) in [4.78, 5) is 22.6. The third-order valence-corrected chi connectivity index (χ3v) is 7.50. The van der Waals surface area contributed by atoms with Crippen LogP contribution in [0.4, 0.5) is 5.69 Å². The Hall–Kier alpha value is -2.54. The molecule has 0 bridgehead atoms. The van der Waals surface area contributed by atoms with Crippen molar-refractivity contribution in [2.75, 3.05) is 44.2 Å². The first-order valence-corrected chi connectivity index (χ1v) is 13.5. The number of imidazole rings is 1. The molecule has 0 unspecified atom stereocenters. The largest absolute Gasteiger partial charge is 0.369 e. The fourth-order valence-corrected chi connectivity index (χ4v) is 5.13. The van der Waals surface area contributed by atoms with Crippen LogP contribution in [-0.4, -0.2) is 59.6 Å². The molecule has 1 aliphatic heterocycles. The fourth-order valence-electron chi connectivity index (χ4n) is 4.84. The van der Waals surface area contributed by atoms with Gasteiger partial charge in [-0.05, 0) is 75.2 Å². The summed E-state index contributed by atoms with van der Waals surface area (Å²) in [6.45, 7) is 11.7. The highest BCUT2D eigenvalue weighted by molar-refractivity contribution is 6.31. The van der Waals surface area contributed by atoms with Gasteiger partial charge in [0, 0.05) is 60.6 Å². The van der Waals surface area contributed by atoms with Gasteiger partial charge in [0.2, 0.25) is 0 Å². The number of anilines is 1. The molecule has 1 fully saturated rings. The predicted octanol–water partition coefficient (Wildman–Crippen LogP) is 5.69. The summed E-state index contributed by atoms with van der Waals surface area (Å²) >= 11 is 12.4. The molecular weight excluding hydrogens is 493 g/mol. The van der Waals surface area contributed by atoms with Crippen molar-refractivity contribution in [3.63, 3.8) is 0 Å². The molecule has 1 aliphatic rings. The minimum absolute atomic E-state index is 0.112. The number of nitrogens with zero attached hydrogens (tertiary/aromatic N) is 4. The van der Waals surface area contributed by atoms with Gasteiger partial charge in [-0.3, -0.25) is 9.69 Å². The van der Waals surface area contributed by atoms with Gasteiger partial charge in [-0.2, -0.15) is 0 Å². The molecule has 8 heteroatoms. The van der Waals surface area contributed by atoms with Crippen LogP contribution in [0.3, 0.4) is 0 Å². The molecule has 1 saturated heterocycles. The zero-order valence-corrected chi connectivity index (χ0v) is 22.9. The number of hydrogen-bond acceptors (Lipinski definition) is 4. The topological polar surface area (TPSA) is 53.4 Å².